The minimum Gasteiger partial charge on any atom is -0.339 e. The number of hydrogen-bond donors (Lipinski definition) is 1. The van der Waals surface area contributed by atoms with E-state index in [4.69, 9.17) is 17.3 Å². The summed E-state index contributed by atoms with van der Waals surface area (Å²) in [6.07, 6.45) is 3.87. The van der Waals surface area contributed by atoms with E-state index in [-0.39, 0.29) is 11.9 Å². The molecule has 1 aliphatic rings. The molecular formula is C16H23ClN2O. The van der Waals surface area contributed by atoms with Gasteiger partial charge in [-0.3, -0.25) is 4.79 Å². The highest BCUT2D eigenvalue weighted by atomic mass is 35.5. The molecule has 0 radical (unpaired) electrons. The third-order valence-electron chi connectivity index (χ3n) is 4.15. The Morgan fingerprint density at radius 1 is 1.45 bits per heavy atom. The molecule has 0 spiro atoms. The normalized spacial score (nSPS) is 21.9. The van der Waals surface area contributed by atoms with Crippen molar-refractivity contribution in [3.8, 4) is 0 Å². The van der Waals surface area contributed by atoms with Crippen molar-refractivity contribution in [3.05, 3.63) is 34.9 Å². The largest absolute Gasteiger partial charge is 0.339 e. The van der Waals surface area contributed by atoms with Crippen molar-refractivity contribution in [1.82, 2.24) is 4.90 Å². The number of carbonyl (C=O) groups excluding carboxylic acids is 1. The lowest BCUT2D eigenvalue weighted by Gasteiger charge is -2.24. The van der Waals surface area contributed by atoms with Crippen LogP contribution in [0.5, 0.6) is 0 Å². The lowest BCUT2D eigenvalue weighted by molar-refractivity contribution is -0.132. The first-order valence-corrected chi connectivity index (χ1v) is 7.75. The highest BCUT2D eigenvalue weighted by Crippen LogP contribution is 2.27. The average Bonchev–Trinajstić information content (AvgIpc) is 2.81. The number of benzene rings is 1. The molecule has 20 heavy (non-hydrogen) atoms. The van der Waals surface area contributed by atoms with Crippen molar-refractivity contribution >= 4 is 17.5 Å². The van der Waals surface area contributed by atoms with Crippen LogP contribution >= 0.6 is 11.6 Å². The van der Waals surface area contributed by atoms with E-state index in [1.807, 2.05) is 36.1 Å². The fourth-order valence-electron chi connectivity index (χ4n) is 2.90. The van der Waals surface area contributed by atoms with Crippen LogP contribution in [0.1, 0.15) is 38.2 Å². The summed E-state index contributed by atoms with van der Waals surface area (Å²) in [7, 11) is 0. The molecule has 0 aromatic heterocycles. The van der Waals surface area contributed by atoms with E-state index in [9.17, 15) is 4.79 Å². The van der Waals surface area contributed by atoms with Gasteiger partial charge in [-0.15, -0.1) is 0 Å². The van der Waals surface area contributed by atoms with Crippen molar-refractivity contribution in [1.29, 1.82) is 0 Å². The molecule has 0 unspecified atom stereocenters. The molecule has 1 aromatic carbocycles. The van der Waals surface area contributed by atoms with Crippen molar-refractivity contribution in [2.75, 3.05) is 6.54 Å². The first-order valence-electron chi connectivity index (χ1n) is 7.38. The van der Waals surface area contributed by atoms with Gasteiger partial charge < -0.3 is 10.6 Å². The third-order valence-corrected chi connectivity index (χ3v) is 4.39. The first-order chi connectivity index (χ1) is 9.60. The monoisotopic (exact) mass is 294 g/mol. The maximum atomic E-state index is 12.4. The fraction of sp³-hybridized carbons (Fsp3) is 0.562. The van der Waals surface area contributed by atoms with Gasteiger partial charge in [-0.05, 0) is 43.4 Å². The summed E-state index contributed by atoms with van der Waals surface area (Å²) in [5.41, 5.74) is 7.13. The Labute approximate surface area is 126 Å². The van der Waals surface area contributed by atoms with E-state index in [0.29, 0.717) is 30.5 Å². The summed E-state index contributed by atoms with van der Waals surface area (Å²) in [5, 5.41) is 0.712. The van der Waals surface area contributed by atoms with Crippen LogP contribution in [0.4, 0.5) is 0 Å². The summed E-state index contributed by atoms with van der Waals surface area (Å²) >= 11 is 5.99. The van der Waals surface area contributed by atoms with Gasteiger partial charge in [0.2, 0.25) is 5.91 Å². The van der Waals surface area contributed by atoms with Crippen LogP contribution in [-0.4, -0.2) is 23.4 Å². The number of nitrogens with zero attached hydrogens (tertiary/aromatic N) is 1. The molecule has 4 heteroatoms. The first kappa shape index (κ1) is 15.3. The second-order valence-electron chi connectivity index (χ2n) is 5.60. The van der Waals surface area contributed by atoms with E-state index >= 15 is 0 Å². The molecule has 2 rings (SSSR count). The van der Waals surface area contributed by atoms with Crippen LogP contribution in [0.2, 0.25) is 5.02 Å². The molecule has 0 heterocycles. The maximum Gasteiger partial charge on any atom is 0.223 e. The zero-order valence-corrected chi connectivity index (χ0v) is 12.8. The Kier molecular flexibility index (Phi) is 5.44. The molecule has 2 N–H and O–H groups in total. The molecule has 0 saturated heterocycles. The molecule has 1 aromatic rings. The summed E-state index contributed by atoms with van der Waals surface area (Å²) in [6.45, 7) is 3.35. The molecule has 0 aliphatic heterocycles. The molecule has 2 atom stereocenters. The van der Waals surface area contributed by atoms with E-state index in [0.717, 1.165) is 24.8 Å². The fourth-order valence-corrected chi connectivity index (χ4v) is 3.12. The van der Waals surface area contributed by atoms with E-state index in [2.05, 4.69) is 0 Å². The van der Waals surface area contributed by atoms with E-state index < -0.39 is 0 Å². The predicted octanol–water partition coefficient (Wildman–Crippen LogP) is 3.21. The number of rotatable bonds is 5. The van der Waals surface area contributed by atoms with Crippen molar-refractivity contribution in [2.45, 2.75) is 45.2 Å². The van der Waals surface area contributed by atoms with E-state index in [1.54, 1.807) is 0 Å². The van der Waals surface area contributed by atoms with Crippen LogP contribution in [0, 0.1) is 5.92 Å². The Balaban J connectivity index is 1.95. The smallest absolute Gasteiger partial charge is 0.223 e. The second-order valence-corrected chi connectivity index (χ2v) is 6.03. The summed E-state index contributed by atoms with van der Waals surface area (Å²) in [4.78, 5) is 14.3. The van der Waals surface area contributed by atoms with Crippen molar-refractivity contribution in [2.24, 2.45) is 11.7 Å². The summed E-state index contributed by atoms with van der Waals surface area (Å²) in [6, 6.07) is 7.88. The molecule has 1 aliphatic carbocycles. The Bertz CT molecular complexity index is 464. The Morgan fingerprint density at radius 2 is 2.25 bits per heavy atom. The average molecular weight is 295 g/mol. The Hall–Kier alpha value is -1.06. The van der Waals surface area contributed by atoms with Gasteiger partial charge in [0.15, 0.2) is 0 Å². The van der Waals surface area contributed by atoms with Gasteiger partial charge in [-0.25, -0.2) is 0 Å². The quantitative estimate of drug-likeness (QED) is 0.906. The standard InChI is InChI=1S/C16H23ClN2O/c1-2-19(11-12-5-3-7-14(17)9-12)16(20)10-13-6-4-8-15(13)18/h3,5,7,9,13,15H,2,4,6,8,10-11,18H2,1H3/t13-,15+/m0/s1. The molecule has 1 saturated carbocycles. The lowest BCUT2D eigenvalue weighted by atomic mass is 9.99. The van der Waals surface area contributed by atoms with Crippen molar-refractivity contribution < 1.29 is 4.79 Å². The second kappa shape index (κ2) is 7.09. The molecular weight excluding hydrogens is 272 g/mol. The number of carbonyl (C=O) groups is 1. The minimum atomic E-state index is 0.198. The molecule has 0 bridgehead atoms. The van der Waals surface area contributed by atoms with Gasteiger partial charge in [0.1, 0.15) is 0 Å². The zero-order valence-electron chi connectivity index (χ0n) is 12.0. The predicted molar refractivity (Wildman–Crippen MR) is 82.5 cm³/mol. The van der Waals surface area contributed by atoms with Crippen LogP contribution in [0.15, 0.2) is 24.3 Å². The number of hydrogen-bond acceptors (Lipinski definition) is 2. The van der Waals surface area contributed by atoms with Gasteiger partial charge in [0.25, 0.3) is 0 Å². The minimum absolute atomic E-state index is 0.198. The number of nitrogens with two attached hydrogens (primary N) is 1. The summed E-state index contributed by atoms with van der Waals surface area (Å²) < 4.78 is 0. The highest BCUT2D eigenvalue weighted by Gasteiger charge is 2.27. The Morgan fingerprint density at radius 3 is 2.85 bits per heavy atom. The van der Waals surface area contributed by atoms with Crippen LogP contribution in [0.3, 0.4) is 0 Å². The lowest BCUT2D eigenvalue weighted by Crippen LogP contribution is -2.34. The SMILES string of the molecule is CCN(Cc1cccc(Cl)c1)C(=O)C[C@@H]1CCC[C@H]1N. The van der Waals surface area contributed by atoms with Crippen LogP contribution in [0.25, 0.3) is 0 Å². The number of halogens is 1. The molecule has 3 nitrogen and oxygen atoms in total. The van der Waals surface area contributed by atoms with Crippen LogP contribution < -0.4 is 5.73 Å². The topological polar surface area (TPSA) is 46.3 Å². The van der Waals surface area contributed by atoms with Gasteiger partial charge >= 0.3 is 0 Å². The molecule has 110 valence electrons. The van der Waals surface area contributed by atoms with Gasteiger partial charge in [-0.2, -0.15) is 0 Å². The number of amides is 1. The van der Waals surface area contributed by atoms with Crippen molar-refractivity contribution in [3.63, 3.8) is 0 Å². The zero-order chi connectivity index (χ0) is 14.5. The highest BCUT2D eigenvalue weighted by molar-refractivity contribution is 6.30. The molecule has 1 amide bonds. The maximum absolute atomic E-state index is 12.4. The van der Waals surface area contributed by atoms with Gasteiger partial charge in [0, 0.05) is 30.6 Å². The van der Waals surface area contributed by atoms with Gasteiger partial charge in [-0.1, -0.05) is 30.2 Å². The third kappa shape index (κ3) is 3.97. The summed E-state index contributed by atoms with van der Waals surface area (Å²) in [5.74, 6) is 0.561. The van der Waals surface area contributed by atoms with Crippen LogP contribution in [-0.2, 0) is 11.3 Å². The van der Waals surface area contributed by atoms with E-state index in [1.165, 1.54) is 0 Å². The molecule has 1 fully saturated rings. The van der Waals surface area contributed by atoms with Gasteiger partial charge in [0.05, 0.1) is 0 Å².